The highest BCUT2D eigenvalue weighted by Crippen LogP contribution is 2.21. The van der Waals surface area contributed by atoms with Crippen molar-refractivity contribution in [1.82, 2.24) is 4.57 Å². The Bertz CT molecular complexity index is 1270. The lowest BCUT2D eigenvalue weighted by molar-refractivity contribution is 0.0470. The van der Waals surface area contributed by atoms with Gasteiger partial charge in [-0.2, -0.15) is 0 Å². The van der Waals surface area contributed by atoms with Crippen LogP contribution in [0.4, 0.5) is 0 Å². The lowest BCUT2D eigenvalue weighted by Gasteiger charge is -2.12. The summed E-state index contributed by atoms with van der Waals surface area (Å²) in [5.41, 5.74) is 2.49. The Morgan fingerprint density at radius 3 is 2.37 bits per heavy atom. The van der Waals surface area contributed by atoms with Crippen LogP contribution in [0, 0.1) is 13.8 Å². The molecular formula is C28H27NO6. The molecule has 7 heteroatoms. The number of nitrogens with zero attached hydrogens (tertiary/aromatic N) is 1. The minimum Gasteiger partial charge on any atom is -0.490 e. The van der Waals surface area contributed by atoms with Crippen molar-refractivity contribution in [2.24, 2.45) is 0 Å². The molecule has 0 amide bonds. The second kappa shape index (κ2) is 11.2. The number of ether oxygens (including phenoxy) is 3. The van der Waals surface area contributed by atoms with Gasteiger partial charge < -0.3 is 23.2 Å². The molecule has 0 aliphatic rings. The molecule has 0 bridgehead atoms. The normalized spacial score (nSPS) is 10.7. The van der Waals surface area contributed by atoms with Crippen LogP contribution in [0.5, 0.6) is 11.5 Å². The minimum atomic E-state index is -0.623. The molecular weight excluding hydrogens is 446 g/mol. The fraction of sp³-hybridized carbons (Fsp3) is 0.214. The van der Waals surface area contributed by atoms with E-state index in [-0.39, 0.29) is 24.6 Å². The van der Waals surface area contributed by atoms with E-state index in [0.29, 0.717) is 24.5 Å². The van der Waals surface area contributed by atoms with E-state index in [1.165, 1.54) is 0 Å². The van der Waals surface area contributed by atoms with Gasteiger partial charge in [-0.1, -0.05) is 30.3 Å². The van der Waals surface area contributed by atoms with E-state index in [4.69, 9.17) is 18.6 Å². The SMILES string of the molecule is Cc1cc(C(=O)COC(=O)c2ccccc2OCCOc2ccccc2)c(C)n1Cc1ccco1. The maximum absolute atomic E-state index is 12.8. The van der Waals surface area contributed by atoms with Crippen LogP contribution in [0.2, 0.25) is 0 Å². The van der Waals surface area contributed by atoms with Crippen LogP contribution < -0.4 is 9.47 Å². The van der Waals surface area contributed by atoms with Gasteiger partial charge in [-0.05, 0) is 56.3 Å². The van der Waals surface area contributed by atoms with E-state index in [9.17, 15) is 9.59 Å². The number of ketones is 1. The first-order valence-electron chi connectivity index (χ1n) is 11.3. The maximum Gasteiger partial charge on any atom is 0.342 e. The monoisotopic (exact) mass is 473 g/mol. The highest BCUT2D eigenvalue weighted by Gasteiger charge is 2.20. The smallest absolute Gasteiger partial charge is 0.342 e. The molecule has 2 heterocycles. The molecule has 0 unspecified atom stereocenters. The highest BCUT2D eigenvalue weighted by molar-refractivity contribution is 6.01. The number of aryl methyl sites for hydroxylation is 1. The van der Waals surface area contributed by atoms with Gasteiger partial charge >= 0.3 is 5.97 Å². The quantitative estimate of drug-likeness (QED) is 0.168. The fourth-order valence-electron chi connectivity index (χ4n) is 3.76. The number of furan rings is 1. The van der Waals surface area contributed by atoms with Crippen LogP contribution in [-0.2, 0) is 11.3 Å². The zero-order valence-corrected chi connectivity index (χ0v) is 19.7. The summed E-state index contributed by atoms with van der Waals surface area (Å²) in [5.74, 6) is 1.01. The van der Waals surface area contributed by atoms with E-state index in [1.54, 1.807) is 36.6 Å². The number of Topliss-reactive ketones (excluding diaryl/α,β-unsaturated/α-hetero) is 1. The Hall–Kier alpha value is -4.26. The largest absolute Gasteiger partial charge is 0.490 e. The summed E-state index contributed by atoms with van der Waals surface area (Å²) in [5, 5.41) is 0. The average molecular weight is 474 g/mol. The molecule has 2 aromatic heterocycles. The molecule has 7 nitrogen and oxygen atoms in total. The average Bonchev–Trinajstić information content (AvgIpc) is 3.50. The number of para-hydroxylation sites is 2. The van der Waals surface area contributed by atoms with Crippen molar-refractivity contribution in [2.75, 3.05) is 19.8 Å². The molecule has 0 radical (unpaired) electrons. The first-order chi connectivity index (χ1) is 17.0. The van der Waals surface area contributed by atoms with Crippen LogP contribution in [-0.4, -0.2) is 36.1 Å². The van der Waals surface area contributed by atoms with Gasteiger partial charge in [-0.3, -0.25) is 4.79 Å². The van der Waals surface area contributed by atoms with Crippen LogP contribution >= 0.6 is 0 Å². The van der Waals surface area contributed by atoms with Crippen LogP contribution in [0.25, 0.3) is 0 Å². The molecule has 4 aromatic rings. The van der Waals surface area contributed by atoms with Crippen LogP contribution in [0.3, 0.4) is 0 Å². The number of hydrogen-bond donors (Lipinski definition) is 0. The van der Waals surface area contributed by atoms with Crippen LogP contribution in [0.15, 0.2) is 83.5 Å². The number of esters is 1. The molecule has 0 saturated carbocycles. The van der Waals surface area contributed by atoms with Crippen molar-refractivity contribution in [3.8, 4) is 11.5 Å². The molecule has 0 saturated heterocycles. The Labute approximate surface area is 203 Å². The number of rotatable bonds is 11. The number of carbonyl (C=O) groups is 2. The van der Waals surface area contributed by atoms with E-state index < -0.39 is 5.97 Å². The summed E-state index contributed by atoms with van der Waals surface area (Å²) in [6.45, 7) is 4.52. The van der Waals surface area contributed by atoms with Gasteiger partial charge in [0, 0.05) is 17.0 Å². The molecule has 0 aliphatic carbocycles. The molecule has 2 aromatic carbocycles. The Kier molecular flexibility index (Phi) is 7.67. The Morgan fingerprint density at radius 2 is 1.60 bits per heavy atom. The minimum absolute atomic E-state index is 0.250. The molecule has 4 rings (SSSR count). The van der Waals surface area contributed by atoms with Crippen molar-refractivity contribution in [3.63, 3.8) is 0 Å². The molecule has 0 spiro atoms. The fourth-order valence-corrected chi connectivity index (χ4v) is 3.76. The zero-order valence-electron chi connectivity index (χ0n) is 19.7. The third-order valence-corrected chi connectivity index (χ3v) is 5.56. The summed E-state index contributed by atoms with van der Waals surface area (Å²) in [7, 11) is 0. The molecule has 0 fully saturated rings. The van der Waals surface area contributed by atoms with Gasteiger partial charge in [0.1, 0.15) is 36.0 Å². The van der Waals surface area contributed by atoms with E-state index in [1.807, 2.05) is 60.9 Å². The first-order valence-corrected chi connectivity index (χ1v) is 11.3. The van der Waals surface area contributed by atoms with Crippen molar-refractivity contribution in [2.45, 2.75) is 20.4 Å². The van der Waals surface area contributed by atoms with Crippen molar-refractivity contribution >= 4 is 11.8 Å². The summed E-state index contributed by atoms with van der Waals surface area (Å²) in [6, 6.07) is 21.7. The molecule has 180 valence electrons. The third kappa shape index (κ3) is 6.00. The van der Waals surface area contributed by atoms with E-state index in [2.05, 4.69) is 0 Å². The van der Waals surface area contributed by atoms with Crippen molar-refractivity contribution in [1.29, 1.82) is 0 Å². The number of hydrogen-bond acceptors (Lipinski definition) is 6. The predicted octanol–water partition coefficient (Wildman–Crippen LogP) is 5.24. The summed E-state index contributed by atoms with van der Waals surface area (Å²) < 4.78 is 24.1. The molecule has 0 atom stereocenters. The van der Waals surface area contributed by atoms with E-state index >= 15 is 0 Å². The van der Waals surface area contributed by atoms with Crippen molar-refractivity contribution in [3.05, 3.63) is 107 Å². The lowest BCUT2D eigenvalue weighted by atomic mass is 10.1. The molecule has 0 aliphatic heterocycles. The third-order valence-electron chi connectivity index (χ3n) is 5.56. The topological polar surface area (TPSA) is 79.9 Å². The second-order valence-electron chi connectivity index (χ2n) is 7.96. The molecule has 35 heavy (non-hydrogen) atoms. The summed E-state index contributed by atoms with van der Waals surface area (Å²) >= 11 is 0. The van der Waals surface area contributed by atoms with Crippen LogP contribution in [0.1, 0.15) is 37.9 Å². The Balaban J connectivity index is 1.33. The molecule has 0 N–H and O–H groups in total. The standard InChI is InChI=1S/C28H27NO6/c1-20-17-25(21(2)29(20)18-23-11-8-14-32-23)26(30)19-35-28(31)24-12-6-7-13-27(24)34-16-15-33-22-9-4-3-5-10-22/h3-14,17H,15-16,18-19H2,1-2H3. The first kappa shape index (κ1) is 23.9. The predicted molar refractivity (Wildman–Crippen MR) is 130 cm³/mol. The lowest BCUT2D eigenvalue weighted by Crippen LogP contribution is -2.17. The van der Waals surface area contributed by atoms with Gasteiger partial charge in [0.25, 0.3) is 0 Å². The number of benzene rings is 2. The van der Waals surface area contributed by atoms with Gasteiger partial charge in [0.2, 0.25) is 5.78 Å². The van der Waals surface area contributed by atoms with Gasteiger partial charge in [-0.25, -0.2) is 4.79 Å². The maximum atomic E-state index is 12.8. The van der Waals surface area contributed by atoms with Crippen molar-refractivity contribution < 1.29 is 28.2 Å². The van der Waals surface area contributed by atoms with Gasteiger partial charge in [0.05, 0.1) is 12.8 Å². The van der Waals surface area contributed by atoms with Gasteiger partial charge in [0.15, 0.2) is 6.61 Å². The summed E-state index contributed by atoms with van der Waals surface area (Å²) in [4.78, 5) is 25.6. The number of carbonyl (C=O) groups excluding carboxylic acids is 2. The van der Waals surface area contributed by atoms with E-state index in [0.717, 1.165) is 22.9 Å². The summed E-state index contributed by atoms with van der Waals surface area (Å²) in [6.07, 6.45) is 1.62. The Morgan fingerprint density at radius 1 is 0.857 bits per heavy atom. The zero-order chi connectivity index (χ0) is 24.6. The highest BCUT2D eigenvalue weighted by atomic mass is 16.5. The van der Waals surface area contributed by atoms with Gasteiger partial charge in [-0.15, -0.1) is 0 Å². The second-order valence-corrected chi connectivity index (χ2v) is 7.96. The number of aromatic nitrogens is 1.